The Morgan fingerprint density at radius 3 is 2.82 bits per heavy atom. The molecule has 0 aliphatic rings. The van der Waals surface area contributed by atoms with Crippen LogP contribution in [-0.2, 0) is 11.2 Å². The van der Waals surface area contributed by atoms with E-state index in [1.807, 2.05) is 12.1 Å². The summed E-state index contributed by atoms with van der Waals surface area (Å²) in [5, 5.41) is 4.23. The summed E-state index contributed by atoms with van der Waals surface area (Å²) in [6.45, 7) is 3.80. The second-order valence-corrected chi connectivity index (χ2v) is 5.31. The summed E-state index contributed by atoms with van der Waals surface area (Å²) in [5.41, 5.74) is 1.19. The Labute approximate surface area is 117 Å². The van der Waals surface area contributed by atoms with Crippen LogP contribution in [-0.4, -0.2) is 26.3 Å². The molecule has 0 saturated heterocycles. The molecular formula is C13H19BrClNO. The first kappa shape index (κ1) is 15.0. The van der Waals surface area contributed by atoms with Gasteiger partial charge in [0.25, 0.3) is 0 Å². The lowest BCUT2D eigenvalue weighted by Gasteiger charge is -2.17. The van der Waals surface area contributed by atoms with Crippen molar-refractivity contribution in [1.29, 1.82) is 0 Å². The van der Waals surface area contributed by atoms with Gasteiger partial charge in [-0.2, -0.15) is 0 Å². The number of methoxy groups -OCH3 is 1. The van der Waals surface area contributed by atoms with E-state index in [1.165, 1.54) is 5.56 Å². The minimum absolute atomic E-state index is 0.393. The number of rotatable bonds is 7. The summed E-state index contributed by atoms with van der Waals surface area (Å²) < 4.78 is 6.21. The van der Waals surface area contributed by atoms with Crippen molar-refractivity contribution in [2.45, 2.75) is 25.8 Å². The van der Waals surface area contributed by atoms with E-state index in [2.05, 4.69) is 34.2 Å². The molecule has 0 spiro atoms. The van der Waals surface area contributed by atoms with Crippen LogP contribution < -0.4 is 5.32 Å². The van der Waals surface area contributed by atoms with Crippen molar-refractivity contribution in [3.05, 3.63) is 33.3 Å². The van der Waals surface area contributed by atoms with Gasteiger partial charge in [0.1, 0.15) is 0 Å². The van der Waals surface area contributed by atoms with Crippen LogP contribution >= 0.6 is 27.5 Å². The van der Waals surface area contributed by atoms with Crippen molar-refractivity contribution in [2.24, 2.45) is 0 Å². The van der Waals surface area contributed by atoms with Crippen LogP contribution in [0.3, 0.4) is 0 Å². The summed E-state index contributed by atoms with van der Waals surface area (Å²) in [5.74, 6) is 0. The van der Waals surface area contributed by atoms with E-state index in [0.29, 0.717) is 6.04 Å². The number of hydrogen-bond acceptors (Lipinski definition) is 2. The molecule has 0 aromatic heterocycles. The third-order valence-electron chi connectivity index (χ3n) is 2.64. The Morgan fingerprint density at radius 2 is 2.24 bits per heavy atom. The summed E-state index contributed by atoms with van der Waals surface area (Å²) in [6.07, 6.45) is 2.00. The van der Waals surface area contributed by atoms with E-state index in [-0.39, 0.29) is 0 Å². The molecule has 0 saturated carbocycles. The number of aryl methyl sites for hydroxylation is 1. The third kappa shape index (κ3) is 5.38. The topological polar surface area (TPSA) is 21.3 Å². The normalized spacial score (nSPS) is 12.7. The lowest BCUT2D eigenvalue weighted by atomic mass is 10.1. The number of likely N-dealkylation sites (N-methyl/N-ethyl adjacent to an activating group) is 1. The molecule has 4 heteroatoms. The molecule has 1 atom stereocenters. The van der Waals surface area contributed by atoms with Crippen molar-refractivity contribution in [3.63, 3.8) is 0 Å². The van der Waals surface area contributed by atoms with E-state index >= 15 is 0 Å². The average molecular weight is 321 g/mol. The lowest BCUT2D eigenvalue weighted by molar-refractivity contribution is 0.163. The zero-order valence-corrected chi connectivity index (χ0v) is 12.6. The van der Waals surface area contributed by atoms with Gasteiger partial charge in [-0.15, -0.1) is 0 Å². The number of halogens is 2. The van der Waals surface area contributed by atoms with E-state index in [0.717, 1.165) is 35.5 Å². The zero-order valence-electron chi connectivity index (χ0n) is 10.3. The molecule has 1 N–H and O–H groups in total. The van der Waals surface area contributed by atoms with Gasteiger partial charge in [-0.05, 0) is 37.1 Å². The average Bonchev–Trinajstić information content (AvgIpc) is 2.28. The first-order valence-corrected chi connectivity index (χ1v) is 7.00. The Bertz CT molecular complexity index is 340. The molecule has 0 fully saturated rings. The zero-order chi connectivity index (χ0) is 12.7. The number of nitrogens with one attached hydrogen (secondary N) is 1. The molecule has 0 aliphatic carbocycles. The standard InChI is InChI=1S/C13H19BrClNO/c1-3-16-12(9-17-2)7-5-10-4-6-11(14)8-13(10)15/h4,6,8,12,16H,3,5,7,9H2,1-2H3. The van der Waals surface area contributed by atoms with Crippen LogP contribution in [0.25, 0.3) is 0 Å². The smallest absolute Gasteiger partial charge is 0.0615 e. The van der Waals surface area contributed by atoms with E-state index in [1.54, 1.807) is 7.11 Å². The maximum atomic E-state index is 6.19. The first-order valence-electron chi connectivity index (χ1n) is 5.83. The van der Waals surface area contributed by atoms with Crippen LogP contribution in [0.1, 0.15) is 18.9 Å². The molecule has 1 unspecified atom stereocenters. The molecule has 1 rings (SSSR count). The van der Waals surface area contributed by atoms with Crippen LogP contribution in [0.4, 0.5) is 0 Å². The molecule has 17 heavy (non-hydrogen) atoms. The Hall–Kier alpha value is -0.0900. The van der Waals surface area contributed by atoms with Crippen LogP contribution in [0, 0.1) is 0 Å². The largest absolute Gasteiger partial charge is 0.383 e. The maximum Gasteiger partial charge on any atom is 0.0615 e. The van der Waals surface area contributed by atoms with Gasteiger partial charge in [0.05, 0.1) is 6.61 Å². The Balaban J connectivity index is 2.52. The first-order chi connectivity index (χ1) is 8.17. The van der Waals surface area contributed by atoms with Gasteiger partial charge in [-0.3, -0.25) is 0 Å². The van der Waals surface area contributed by atoms with Gasteiger partial charge in [-0.1, -0.05) is 40.5 Å². The van der Waals surface area contributed by atoms with Gasteiger partial charge in [0.15, 0.2) is 0 Å². The number of hydrogen-bond donors (Lipinski definition) is 1. The van der Waals surface area contributed by atoms with E-state index in [4.69, 9.17) is 16.3 Å². The predicted octanol–water partition coefficient (Wildman–Crippen LogP) is 3.66. The van der Waals surface area contributed by atoms with Crippen molar-refractivity contribution in [3.8, 4) is 0 Å². The van der Waals surface area contributed by atoms with E-state index < -0.39 is 0 Å². The Morgan fingerprint density at radius 1 is 1.47 bits per heavy atom. The highest BCUT2D eigenvalue weighted by Crippen LogP contribution is 2.22. The predicted molar refractivity (Wildman–Crippen MR) is 76.8 cm³/mol. The van der Waals surface area contributed by atoms with Crippen LogP contribution in [0.2, 0.25) is 5.02 Å². The van der Waals surface area contributed by atoms with Gasteiger partial charge in [0, 0.05) is 22.6 Å². The summed E-state index contributed by atoms with van der Waals surface area (Å²) in [6, 6.07) is 6.43. The minimum Gasteiger partial charge on any atom is -0.383 e. The highest BCUT2D eigenvalue weighted by Gasteiger charge is 2.08. The van der Waals surface area contributed by atoms with Gasteiger partial charge < -0.3 is 10.1 Å². The highest BCUT2D eigenvalue weighted by atomic mass is 79.9. The monoisotopic (exact) mass is 319 g/mol. The minimum atomic E-state index is 0.393. The molecule has 0 heterocycles. The molecule has 96 valence electrons. The lowest BCUT2D eigenvalue weighted by Crippen LogP contribution is -2.33. The SMILES string of the molecule is CCNC(CCc1ccc(Br)cc1Cl)COC. The molecule has 0 amide bonds. The molecule has 2 nitrogen and oxygen atoms in total. The van der Waals surface area contributed by atoms with Crippen LogP contribution in [0.15, 0.2) is 22.7 Å². The van der Waals surface area contributed by atoms with Gasteiger partial charge in [-0.25, -0.2) is 0 Å². The molecule has 1 aromatic rings. The van der Waals surface area contributed by atoms with Crippen molar-refractivity contribution in [2.75, 3.05) is 20.3 Å². The van der Waals surface area contributed by atoms with Crippen LogP contribution in [0.5, 0.6) is 0 Å². The van der Waals surface area contributed by atoms with Crippen molar-refractivity contribution in [1.82, 2.24) is 5.32 Å². The molecule has 0 radical (unpaired) electrons. The fraction of sp³-hybridized carbons (Fsp3) is 0.538. The van der Waals surface area contributed by atoms with Gasteiger partial charge >= 0.3 is 0 Å². The second-order valence-electron chi connectivity index (χ2n) is 3.98. The van der Waals surface area contributed by atoms with E-state index in [9.17, 15) is 0 Å². The molecule has 1 aromatic carbocycles. The van der Waals surface area contributed by atoms with Gasteiger partial charge in [0.2, 0.25) is 0 Å². The Kier molecular flexibility index (Phi) is 7.12. The third-order valence-corrected chi connectivity index (χ3v) is 3.48. The fourth-order valence-corrected chi connectivity index (χ4v) is 2.56. The summed E-state index contributed by atoms with van der Waals surface area (Å²) in [4.78, 5) is 0. The van der Waals surface area contributed by atoms with Crippen molar-refractivity contribution < 1.29 is 4.74 Å². The maximum absolute atomic E-state index is 6.19. The second kappa shape index (κ2) is 8.09. The molecular weight excluding hydrogens is 302 g/mol. The van der Waals surface area contributed by atoms with Crippen molar-refractivity contribution >= 4 is 27.5 Å². The number of ether oxygens (including phenoxy) is 1. The molecule has 0 aliphatic heterocycles. The number of benzene rings is 1. The highest BCUT2D eigenvalue weighted by molar-refractivity contribution is 9.10. The summed E-state index contributed by atoms with van der Waals surface area (Å²) >= 11 is 9.59. The molecule has 0 bridgehead atoms. The quantitative estimate of drug-likeness (QED) is 0.828. The summed E-state index contributed by atoms with van der Waals surface area (Å²) in [7, 11) is 1.73. The fourth-order valence-electron chi connectivity index (χ4n) is 1.79.